The van der Waals surface area contributed by atoms with Gasteiger partial charge in [0.25, 0.3) is 0 Å². The van der Waals surface area contributed by atoms with Gasteiger partial charge in [0.2, 0.25) is 5.91 Å². The van der Waals surface area contributed by atoms with Crippen molar-refractivity contribution in [3.63, 3.8) is 0 Å². The number of aromatic nitrogens is 5. The Morgan fingerprint density at radius 1 is 1.03 bits per heavy atom. The summed E-state index contributed by atoms with van der Waals surface area (Å²) in [6.07, 6.45) is 3.43. The number of hydrogen-bond acceptors (Lipinski definition) is 4. The first-order valence-corrected chi connectivity index (χ1v) is 9.43. The zero-order chi connectivity index (χ0) is 20.2. The molecule has 0 saturated heterocycles. The topological polar surface area (TPSA) is 86.7 Å². The zero-order valence-corrected chi connectivity index (χ0v) is 16.2. The Morgan fingerprint density at radius 2 is 1.76 bits per heavy atom. The lowest BCUT2D eigenvalue weighted by atomic mass is 10.1. The van der Waals surface area contributed by atoms with Crippen LogP contribution in [0.5, 0.6) is 0 Å². The summed E-state index contributed by atoms with van der Waals surface area (Å²) < 4.78 is 5.01. The molecular formula is C21H22N6O2. The molecule has 0 atom stereocenters. The number of benzene rings is 2. The highest BCUT2D eigenvalue weighted by Crippen LogP contribution is 2.12. The quantitative estimate of drug-likeness (QED) is 0.520. The van der Waals surface area contributed by atoms with Crippen molar-refractivity contribution < 1.29 is 4.79 Å². The number of fused-ring (bicyclic) bond motifs is 1. The SMILES string of the molecule is Cn1c(=O)n(CCC(=O)NCc2ccc(Cn3cncn3)cc2)c2ccccc21. The van der Waals surface area contributed by atoms with E-state index in [1.165, 1.54) is 6.33 Å². The largest absolute Gasteiger partial charge is 0.352 e. The lowest BCUT2D eigenvalue weighted by molar-refractivity contribution is -0.121. The summed E-state index contributed by atoms with van der Waals surface area (Å²) in [5, 5.41) is 7.01. The van der Waals surface area contributed by atoms with Crippen LogP contribution >= 0.6 is 0 Å². The molecule has 0 unspecified atom stereocenters. The standard InChI is InChI=1S/C21H22N6O2/c1-25-18-4-2-3-5-19(18)27(21(25)29)11-10-20(28)23-12-16-6-8-17(9-7-16)13-26-15-22-14-24-26/h2-9,14-15H,10-13H2,1H3,(H,23,28). The van der Waals surface area contributed by atoms with E-state index in [1.54, 1.807) is 27.2 Å². The number of nitrogens with one attached hydrogen (secondary N) is 1. The van der Waals surface area contributed by atoms with Gasteiger partial charge in [0.15, 0.2) is 0 Å². The Hall–Kier alpha value is -3.68. The number of hydrogen-bond donors (Lipinski definition) is 1. The molecule has 0 saturated carbocycles. The molecular weight excluding hydrogens is 368 g/mol. The molecule has 0 aliphatic heterocycles. The Balaban J connectivity index is 1.32. The summed E-state index contributed by atoms with van der Waals surface area (Å²) in [4.78, 5) is 28.6. The molecule has 2 heterocycles. The van der Waals surface area contributed by atoms with Crippen molar-refractivity contribution in [2.24, 2.45) is 7.05 Å². The van der Waals surface area contributed by atoms with Gasteiger partial charge in [-0.2, -0.15) is 5.10 Å². The molecule has 0 aliphatic rings. The number of carbonyl (C=O) groups excluding carboxylic acids is 1. The molecule has 4 aromatic rings. The van der Waals surface area contributed by atoms with Gasteiger partial charge in [0, 0.05) is 26.6 Å². The monoisotopic (exact) mass is 390 g/mol. The van der Waals surface area contributed by atoms with Crippen molar-refractivity contribution in [3.05, 3.63) is 82.8 Å². The summed E-state index contributed by atoms with van der Waals surface area (Å²) in [6, 6.07) is 15.6. The molecule has 1 N–H and O–H groups in total. The van der Waals surface area contributed by atoms with Gasteiger partial charge in [-0.05, 0) is 23.3 Å². The number of aryl methyl sites for hydroxylation is 2. The number of rotatable bonds is 7. The third-order valence-electron chi connectivity index (χ3n) is 4.94. The third-order valence-corrected chi connectivity index (χ3v) is 4.94. The minimum Gasteiger partial charge on any atom is -0.352 e. The van der Waals surface area contributed by atoms with Crippen LogP contribution in [-0.2, 0) is 31.5 Å². The highest BCUT2D eigenvalue weighted by Gasteiger charge is 2.11. The average molecular weight is 390 g/mol. The molecule has 2 aromatic heterocycles. The maximum atomic E-state index is 12.4. The first-order valence-electron chi connectivity index (χ1n) is 9.43. The second-order valence-corrected chi connectivity index (χ2v) is 6.92. The van der Waals surface area contributed by atoms with Crippen LogP contribution in [0.1, 0.15) is 17.5 Å². The highest BCUT2D eigenvalue weighted by molar-refractivity contribution is 5.77. The van der Waals surface area contributed by atoms with Crippen LogP contribution in [0.3, 0.4) is 0 Å². The van der Waals surface area contributed by atoms with E-state index in [0.717, 1.165) is 22.2 Å². The maximum Gasteiger partial charge on any atom is 0.328 e. The fourth-order valence-corrected chi connectivity index (χ4v) is 3.35. The first-order chi connectivity index (χ1) is 14.1. The summed E-state index contributed by atoms with van der Waals surface area (Å²) in [7, 11) is 1.74. The van der Waals surface area contributed by atoms with Gasteiger partial charge in [0.1, 0.15) is 12.7 Å². The van der Waals surface area contributed by atoms with E-state index >= 15 is 0 Å². The Labute approximate surface area is 167 Å². The maximum absolute atomic E-state index is 12.4. The summed E-state index contributed by atoms with van der Waals surface area (Å²) in [5.74, 6) is -0.0865. The van der Waals surface area contributed by atoms with Crippen molar-refractivity contribution in [3.8, 4) is 0 Å². The number of imidazole rings is 1. The average Bonchev–Trinajstić information content (AvgIpc) is 3.33. The summed E-state index contributed by atoms with van der Waals surface area (Å²) >= 11 is 0. The van der Waals surface area contributed by atoms with E-state index in [2.05, 4.69) is 15.4 Å². The molecule has 0 radical (unpaired) electrons. The van der Waals surface area contributed by atoms with Crippen LogP contribution in [0, 0.1) is 0 Å². The number of nitrogens with zero attached hydrogens (tertiary/aromatic N) is 5. The minimum absolute atomic E-state index is 0.0865. The predicted molar refractivity (Wildman–Crippen MR) is 109 cm³/mol. The van der Waals surface area contributed by atoms with E-state index in [0.29, 0.717) is 19.6 Å². The van der Waals surface area contributed by atoms with Gasteiger partial charge in [-0.25, -0.2) is 14.5 Å². The molecule has 0 fully saturated rings. The second kappa shape index (κ2) is 8.14. The molecule has 8 nitrogen and oxygen atoms in total. The van der Waals surface area contributed by atoms with Crippen LogP contribution < -0.4 is 11.0 Å². The van der Waals surface area contributed by atoms with E-state index in [4.69, 9.17) is 0 Å². The van der Waals surface area contributed by atoms with Crippen molar-refractivity contribution in [1.29, 1.82) is 0 Å². The molecule has 2 aromatic carbocycles. The molecule has 0 spiro atoms. The fourth-order valence-electron chi connectivity index (χ4n) is 3.35. The van der Waals surface area contributed by atoms with E-state index in [9.17, 15) is 9.59 Å². The summed E-state index contributed by atoms with van der Waals surface area (Å²) in [5.41, 5.74) is 3.73. The summed E-state index contributed by atoms with van der Waals surface area (Å²) in [6.45, 7) is 1.46. The Bertz CT molecular complexity index is 1170. The molecule has 148 valence electrons. The molecule has 0 bridgehead atoms. The van der Waals surface area contributed by atoms with Gasteiger partial charge in [-0.3, -0.25) is 13.9 Å². The Morgan fingerprint density at radius 3 is 2.48 bits per heavy atom. The van der Waals surface area contributed by atoms with E-state index < -0.39 is 0 Å². The van der Waals surface area contributed by atoms with Crippen LogP contribution in [0.15, 0.2) is 66.0 Å². The number of carbonyl (C=O) groups is 1. The smallest absolute Gasteiger partial charge is 0.328 e. The van der Waals surface area contributed by atoms with Gasteiger partial charge >= 0.3 is 5.69 Å². The molecule has 0 aliphatic carbocycles. The van der Waals surface area contributed by atoms with Crippen molar-refractivity contribution in [2.45, 2.75) is 26.1 Å². The lowest BCUT2D eigenvalue weighted by Crippen LogP contribution is -2.27. The molecule has 8 heteroatoms. The fraction of sp³-hybridized carbons (Fsp3) is 0.238. The second-order valence-electron chi connectivity index (χ2n) is 6.92. The van der Waals surface area contributed by atoms with Crippen LogP contribution in [0.2, 0.25) is 0 Å². The van der Waals surface area contributed by atoms with Gasteiger partial charge < -0.3 is 5.32 Å². The molecule has 4 rings (SSSR count). The van der Waals surface area contributed by atoms with E-state index in [-0.39, 0.29) is 18.0 Å². The van der Waals surface area contributed by atoms with Crippen LogP contribution in [0.4, 0.5) is 0 Å². The predicted octanol–water partition coefficient (Wildman–Crippen LogP) is 1.69. The Kier molecular flexibility index (Phi) is 5.24. The van der Waals surface area contributed by atoms with Gasteiger partial charge in [-0.15, -0.1) is 0 Å². The normalized spacial score (nSPS) is 11.1. The van der Waals surface area contributed by atoms with E-state index in [1.807, 2.05) is 48.5 Å². The van der Waals surface area contributed by atoms with Crippen LogP contribution in [0.25, 0.3) is 11.0 Å². The third kappa shape index (κ3) is 4.11. The van der Waals surface area contributed by atoms with Crippen molar-refractivity contribution in [1.82, 2.24) is 29.2 Å². The van der Waals surface area contributed by atoms with Crippen molar-refractivity contribution in [2.75, 3.05) is 0 Å². The number of amides is 1. The molecule has 1 amide bonds. The number of para-hydroxylation sites is 2. The lowest BCUT2D eigenvalue weighted by Gasteiger charge is -2.07. The highest BCUT2D eigenvalue weighted by atomic mass is 16.2. The van der Waals surface area contributed by atoms with Gasteiger partial charge in [-0.1, -0.05) is 36.4 Å². The minimum atomic E-state index is -0.109. The first kappa shape index (κ1) is 18.7. The zero-order valence-electron chi connectivity index (χ0n) is 16.2. The van der Waals surface area contributed by atoms with Crippen molar-refractivity contribution >= 4 is 16.9 Å². The molecule has 29 heavy (non-hydrogen) atoms. The van der Waals surface area contributed by atoms with Gasteiger partial charge in [0.05, 0.1) is 17.6 Å². The van der Waals surface area contributed by atoms with Crippen LogP contribution in [-0.4, -0.2) is 29.8 Å².